The smallest absolute Gasteiger partial charge is 0.319 e. The van der Waals surface area contributed by atoms with Gasteiger partial charge >= 0.3 is 6.01 Å². The number of hydrogen-bond donors (Lipinski definition) is 0. The van der Waals surface area contributed by atoms with Crippen molar-refractivity contribution in [2.75, 3.05) is 50.8 Å². The van der Waals surface area contributed by atoms with Gasteiger partial charge in [0.2, 0.25) is 6.54 Å². The molecule has 3 aliphatic heterocycles. The normalized spacial score (nSPS) is 21.6. The maximum atomic E-state index is 17.1. The van der Waals surface area contributed by atoms with Crippen molar-refractivity contribution in [3.05, 3.63) is 107 Å². The fourth-order valence-corrected chi connectivity index (χ4v) is 8.34. The number of terminal acetylenes is 1. The molecule has 3 fully saturated rings. The van der Waals surface area contributed by atoms with Gasteiger partial charge in [-0.1, -0.05) is 48.4 Å². The number of halogens is 3. The summed E-state index contributed by atoms with van der Waals surface area (Å²) in [6, 6.07) is 18.8. The highest BCUT2D eigenvalue weighted by atomic mass is 19.1. The van der Waals surface area contributed by atoms with Gasteiger partial charge in [-0.15, -0.1) is 6.42 Å². The van der Waals surface area contributed by atoms with Crippen molar-refractivity contribution in [1.82, 2.24) is 24.8 Å². The molecule has 0 spiro atoms. The maximum Gasteiger partial charge on any atom is 0.319 e. The summed E-state index contributed by atoms with van der Waals surface area (Å²) >= 11 is 0. The molecule has 0 N–H and O–H groups in total. The van der Waals surface area contributed by atoms with E-state index in [4.69, 9.17) is 22.7 Å². The summed E-state index contributed by atoms with van der Waals surface area (Å²) < 4.78 is 53.3. The Kier molecular flexibility index (Phi) is 9.38. The molecule has 5 aromatic rings. The zero-order chi connectivity index (χ0) is 37.4. The van der Waals surface area contributed by atoms with Crippen molar-refractivity contribution >= 4 is 39.5 Å². The standard InChI is InChI=1S/C42H36F3N7O2/c1-3-27-9-6-10-28-11-7-13-32(36(27)28)33-14-15-34-38(37(33)45)48-41(54-26-42-16-8-18-51(42)24-29(43)22-42)49-39(34)50-19-20-52(31(25-50)23-46-2)40(53)35(44)21-30-12-4-5-17-47-30/h1,4-7,9-15,17,21,29,31H,8,16,18-20,22-26H2/b35-21-/t29-,31+,42+/m1/s1. The van der Waals surface area contributed by atoms with Gasteiger partial charge in [-0.05, 0) is 54.6 Å². The van der Waals surface area contributed by atoms with Gasteiger partial charge in [-0.25, -0.2) is 19.7 Å². The van der Waals surface area contributed by atoms with Crippen LogP contribution in [0.25, 0.3) is 43.7 Å². The number of amides is 1. The van der Waals surface area contributed by atoms with E-state index >= 15 is 8.78 Å². The molecule has 8 rings (SSSR count). The average molecular weight is 728 g/mol. The first-order valence-electron chi connectivity index (χ1n) is 18.0. The molecule has 0 saturated carbocycles. The van der Waals surface area contributed by atoms with Gasteiger partial charge in [0.05, 0.1) is 11.2 Å². The molecule has 272 valence electrons. The van der Waals surface area contributed by atoms with Crippen LogP contribution in [-0.2, 0) is 4.79 Å². The second-order valence-electron chi connectivity index (χ2n) is 14.1. The van der Waals surface area contributed by atoms with Crippen molar-refractivity contribution in [3.63, 3.8) is 0 Å². The molecule has 5 heterocycles. The van der Waals surface area contributed by atoms with E-state index in [2.05, 4.69) is 25.6 Å². The van der Waals surface area contributed by atoms with Crippen LogP contribution in [0, 0.1) is 24.7 Å². The zero-order valence-corrected chi connectivity index (χ0v) is 29.4. The summed E-state index contributed by atoms with van der Waals surface area (Å²) in [5, 5.41) is 2.00. The fraction of sp³-hybridized carbons (Fsp3) is 0.310. The van der Waals surface area contributed by atoms with E-state index in [0.29, 0.717) is 46.6 Å². The lowest BCUT2D eigenvalue weighted by atomic mass is 9.93. The second-order valence-corrected chi connectivity index (χ2v) is 14.1. The Balaban J connectivity index is 1.19. The minimum Gasteiger partial charge on any atom is -0.461 e. The summed E-state index contributed by atoms with van der Waals surface area (Å²) in [4.78, 5) is 35.8. The Morgan fingerprint density at radius 3 is 2.70 bits per heavy atom. The Morgan fingerprint density at radius 1 is 1.06 bits per heavy atom. The Hall–Kier alpha value is -5.98. The lowest BCUT2D eigenvalue weighted by Crippen LogP contribution is -2.56. The lowest BCUT2D eigenvalue weighted by molar-refractivity contribution is -0.130. The number of benzene rings is 3. The van der Waals surface area contributed by atoms with Crippen molar-refractivity contribution in [2.24, 2.45) is 0 Å². The number of alkyl halides is 1. The number of pyridine rings is 1. The number of carbonyl (C=O) groups excluding carboxylic acids is 1. The van der Waals surface area contributed by atoms with Gasteiger partial charge in [0, 0.05) is 66.8 Å². The van der Waals surface area contributed by atoms with Crippen LogP contribution in [0.3, 0.4) is 0 Å². The number of ether oxygens (including phenoxy) is 1. The van der Waals surface area contributed by atoms with E-state index in [1.54, 1.807) is 30.3 Å². The van der Waals surface area contributed by atoms with Gasteiger partial charge in [-0.2, -0.15) is 9.97 Å². The minimum atomic E-state index is -0.987. The summed E-state index contributed by atoms with van der Waals surface area (Å²) in [5.41, 5.74) is 1.34. The first-order valence-corrected chi connectivity index (χ1v) is 18.0. The van der Waals surface area contributed by atoms with Crippen molar-refractivity contribution in [2.45, 2.75) is 37.0 Å². The van der Waals surface area contributed by atoms with E-state index in [1.165, 1.54) is 11.1 Å². The predicted molar refractivity (Wildman–Crippen MR) is 201 cm³/mol. The molecular weight excluding hydrogens is 692 g/mol. The van der Waals surface area contributed by atoms with E-state index in [-0.39, 0.29) is 44.3 Å². The summed E-state index contributed by atoms with van der Waals surface area (Å²) in [5.74, 6) is 0.647. The van der Waals surface area contributed by atoms with Crippen LogP contribution in [0.5, 0.6) is 6.01 Å². The molecule has 3 aliphatic rings. The molecule has 9 nitrogen and oxygen atoms in total. The predicted octanol–water partition coefficient (Wildman–Crippen LogP) is 6.87. The third kappa shape index (κ3) is 6.37. The minimum absolute atomic E-state index is 0.0165. The number of piperazine rings is 1. The fourth-order valence-electron chi connectivity index (χ4n) is 8.34. The van der Waals surface area contributed by atoms with E-state index in [9.17, 15) is 9.18 Å². The molecule has 2 aromatic heterocycles. The molecule has 12 heteroatoms. The van der Waals surface area contributed by atoms with Crippen LogP contribution in [0.4, 0.5) is 19.0 Å². The van der Waals surface area contributed by atoms with Gasteiger partial charge in [0.1, 0.15) is 30.2 Å². The highest BCUT2D eigenvalue weighted by Crippen LogP contribution is 2.41. The first kappa shape index (κ1) is 35.1. The van der Waals surface area contributed by atoms with Crippen LogP contribution in [0.2, 0.25) is 0 Å². The first-order chi connectivity index (χ1) is 26.3. The van der Waals surface area contributed by atoms with E-state index < -0.39 is 35.3 Å². The molecule has 1 amide bonds. The number of carbonyl (C=O) groups is 1. The van der Waals surface area contributed by atoms with Crippen LogP contribution in [0.15, 0.2) is 78.8 Å². The monoisotopic (exact) mass is 727 g/mol. The van der Waals surface area contributed by atoms with E-state index in [0.717, 1.165) is 36.2 Å². The third-order valence-electron chi connectivity index (χ3n) is 10.9. The molecule has 0 aliphatic carbocycles. The molecule has 0 unspecified atom stereocenters. The van der Waals surface area contributed by atoms with Crippen molar-refractivity contribution in [1.29, 1.82) is 0 Å². The Labute approximate surface area is 310 Å². The average Bonchev–Trinajstić information content (AvgIpc) is 3.72. The summed E-state index contributed by atoms with van der Waals surface area (Å²) in [6.07, 6.45) is 9.52. The summed E-state index contributed by atoms with van der Waals surface area (Å²) in [6.45, 7) is 9.21. The number of fused-ring (bicyclic) bond motifs is 3. The molecule has 0 radical (unpaired) electrons. The highest BCUT2D eigenvalue weighted by molar-refractivity contribution is 6.03. The van der Waals surface area contributed by atoms with Crippen molar-refractivity contribution < 1.29 is 22.7 Å². The van der Waals surface area contributed by atoms with Crippen LogP contribution in [0.1, 0.15) is 30.5 Å². The van der Waals surface area contributed by atoms with Crippen LogP contribution < -0.4 is 9.64 Å². The number of aromatic nitrogens is 3. The third-order valence-corrected chi connectivity index (χ3v) is 10.9. The molecule has 54 heavy (non-hydrogen) atoms. The topological polar surface area (TPSA) is 79.0 Å². The number of nitrogens with zero attached hydrogens (tertiary/aromatic N) is 7. The summed E-state index contributed by atoms with van der Waals surface area (Å²) in [7, 11) is 0. The SMILES string of the molecule is [C-]#[N+]C[C@H]1CN(c2nc(OC[C@@]34CCCN3C[C@H](F)C4)nc3c(F)c(-c4cccc5cccc(C#C)c45)ccc23)CCN1C(=O)/C(F)=C/c1ccccn1. The molecular formula is C42H36F3N7O2. The maximum absolute atomic E-state index is 17.1. The van der Waals surface area contributed by atoms with Gasteiger partial charge in [-0.3, -0.25) is 14.7 Å². The zero-order valence-electron chi connectivity index (χ0n) is 29.4. The Bertz CT molecular complexity index is 2370. The van der Waals surface area contributed by atoms with E-state index in [1.807, 2.05) is 41.3 Å². The van der Waals surface area contributed by atoms with Crippen molar-refractivity contribution in [3.8, 4) is 29.5 Å². The second kappa shape index (κ2) is 14.4. The number of rotatable bonds is 8. The van der Waals surface area contributed by atoms with Crippen LogP contribution >= 0.6 is 0 Å². The lowest BCUT2D eigenvalue weighted by Gasteiger charge is -2.40. The van der Waals surface area contributed by atoms with Gasteiger partial charge < -0.3 is 19.4 Å². The Morgan fingerprint density at radius 2 is 1.91 bits per heavy atom. The molecule has 0 bridgehead atoms. The van der Waals surface area contributed by atoms with Crippen LogP contribution in [-0.4, -0.2) is 94.3 Å². The van der Waals surface area contributed by atoms with Gasteiger partial charge in [0.25, 0.3) is 5.91 Å². The molecule has 3 saturated heterocycles. The molecule has 3 atom stereocenters. The quantitative estimate of drug-likeness (QED) is 0.0982. The highest BCUT2D eigenvalue weighted by Gasteiger charge is 2.49. The number of anilines is 1. The number of hydrogen-bond acceptors (Lipinski definition) is 7. The molecule has 3 aromatic carbocycles. The van der Waals surface area contributed by atoms with Gasteiger partial charge in [0.15, 0.2) is 11.6 Å². The largest absolute Gasteiger partial charge is 0.461 e.